The predicted octanol–water partition coefficient (Wildman–Crippen LogP) is 2.34. The minimum atomic E-state index is -0.349. The van der Waals surface area contributed by atoms with Gasteiger partial charge in [0.15, 0.2) is 0 Å². The highest BCUT2D eigenvalue weighted by Gasteiger charge is 2.35. The number of anilines is 2. The van der Waals surface area contributed by atoms with Crippen LogP contribution in [-0.4, -0.2) is 28.1 Å². The molecule has 1 N–H and O–H groups in total. The molecule has 0 saturated carbocycles. The molecule has 3 rings (SSSR count). The average molecular weight is 326 g/mol. The molecule has 0 radical (unpaired) electrons. The lowest BCUT2D eigenvalue weighted by Crippen LogP contribution is -2.28. The van der Waals surface area contributed by atoms with Gasteiger partial charge in [0.1, 0.15) is 0 Å². The Morgan fingerprint density at radius 2 is 1.88 bits per heavy atom. The van der Waals surface area contributed by atoms with E-state index < -0.39 is 0 Å². The minimum absolute atomic E-state index is 0.0152. The standard InChI is InChI=1S/C18H22N4O2/c1-11-5-7-15(8-6-11)22-10-14(9-16(22)23)18(24)19-17-12(2)20-21(4)13(17)3/h5-8,14H,9-10H2,1-4H3,(H,19,24)/t14-/m0/s1. The average Bonchev–Trinajstić information content (AvgIpc) is 3.04. The first-order chi connectivity index (χ1) is 11.4. The second-order valence-electron chi connectivity index (χ2n) is 6.40. The summed E-state index contributed by atoms with van der Waals surface area (Å²) in [5.41, 5.74) is 4.41. The van der Waals surface area contributed by atoms with E-state index in [4.69, 9.17) is 0 Å². The number of rotatable bonds is 3. The van der Waals surface area contributed by atoms with Gasteiger partial charge >= 0.3 is 0 Å². The Morgan fingerprint density at radius 3 is 2.46 bits per heavy atom. The summed E-state index contributed by atoms with van der Waals surface area (Å²) in [6, 6.07) is 7.78. The summed E-state index contributed by atoms with van der Waals surface area (Å²) in [6.45, 7) is 6.19. The van der Waals surface area contributed by atoms with Crippen LogP contribution in [0.2, 0.25) is 0 Å². The quantitative estimate of drug-likeness (QED) is 0.941. The summed E-state index contributed by atoms with van der Waals surface area (Å²) in [7, 11) is 1.84. The van der Waals surface area contributed by atoms with Gasteiger partial charge in [-0.2, -0.15) is 5.10 Å². The molecule has 2 heterocycles. The molecule has 6 nitrogen and oxygen atoms in total. The zero-order valence-corrected chi connectivity index (χ0v) is 14.5. The van der Waals surface area contributed by atoms with E-state index in [0.29, 0.717) is 6.54 Å². The lowest BCUT2D eigenvalue weighted by Gasteiger charge is -2.17. The van der Waals surface area contributed by atoms with E-state index in [1.54, 1.807) is 9.58 Å². The molecule has 0 aliphatic carbocycles. The maximum atomic E-state index is 12.6. The van der Waals surface area contributed by atoms with Crippen LogP contribution in [0.4, 0.5) is 11.4 Å². The highest BCUT2D eigenvalue weighted by molar-refractivity contribution is 6.03. The third-order valence-electron chi connectivity index (χ3n) is 4.60. The Bertz CT molecular complexity index is 792. The molecule has 0 bridgehead atoms. The van der Waals surface area contributed by atoms with E-state index in [9.17, 15) is 9.59 Å². The Morgan fingerprint density at radius 1 is 1.21 bits per heavy atom. The third kappa shape index (κ3) is 2.91. The Labute approximate surface area is 141 Å². The lowest BCUT2D eigenvalue weighted by atomic mass is 10.1. The molecule has 1 aliphatic rings. The SMILES string of the molecule is Cc1ccc(N2C[C@@H](C(=O)Nc3c(C)nn(C)c3C)CC2=O)cc1. The number of carbonyl (C=O) groups is 2. The fourth-order valence-electron chi connectivity index (χ4n) is 3.04. The van der Waals surface area contributed by atoms with Crippen molar-refractivity contribution >= 4 is 23.2 Å². The second-order valence-corrected chi connectivity index (χ2v) is 6.40. The van der Waals surface area contributed by atoms with Crippen molar-refractivity contribution in [3.05, 3.63) is 41.2 Å². The van der Waals surface area contributed by atoms with Crippen molar-refractivity contribution in [3.8, 4) is 0 Å². The molecular weight excluding hydrogens is 304 g/mol. The van der Waals surface area contributed by atoms with Crippen molar-refractivity contribution in [1.82, 2.24) is 9.78 Å². The van der Waals surface area contributed by atoms with Gasteiger partial charge in [-0.25, -0.2) is 0 Å². The number of benzene rings is 1. The molecule has 0 spiro atoms. The molecule has 1 aliphatic heterocycles. The molecule has 1 aromatic heterocycles. The molecule has 2 aromatic rings. The number of nitrogens with one attached hydrogen (secondary N) is 1. The number of aromatic nitrogens is 2. The predicted molar refractivity (Wildman–Crippen MR) is 93.0 cm³/mol. The monoisotopic (exact) mass is 326 g/mol. The van der Waals surface area contributed by atoms with Crippen LogP contribution in [-0.2, 0) is 16.6 Å². The molecule has 1 fully saturated rings. The van der Waals surface area contributed by atoms with Gasteiger partial charge in [-0.15, -0.1) is 0 Å². The van der Waals surface area contributed by atoms with Crippen molar-refractivity contribution in [2.45, 2.75) is 27.2 Å². The highest BCUT2D eigenvalue weighted by atomic mass is 16.2. The van der Waals surface area contributed by atoms with Gasteiger partial charge in [0, 0.05) is 25.7 Å². The third-order valence-corrected chi connectivity index (χ3v) is 4.60. The van der Waals surface area contributed by atoms with Gasteiger partial charge in [0.05, 0.1) is 23.0 Å². The highest BCUT2D eigenvalue weighted by Crippen LogP contribution is 2.27. The molecule has 0 unspecified atom stereocenters. The summed E-state index contributed by atoms with van der Waals surface area (Å²) in [5, 5.41) is 7.24. The Kier molecular flexibility index (Phi) is 4.13. The van der Waals surface area contributed by atoms with Crippen LogP contribution in [0.15, 0.2) is 24.3 Å². The van der Waals surface area contributed by atoms with Crippen molar-refractivity contribution in [3.63, 3.8) is 0 Å². The summed E-state index contributed by atoms with van der Waals surface area (Å²) >= 11 is 0. The topological polar surface area (TPSA) is 67.2 Å². The summed E-state index contributed by atoms with van der Waals surface area (Å²) in [5.74, 6) is -0.492. The Hall–Kier alpha value is -2.63. The van der Waals surface area contributed by atoms with Crippen molar-refractivity contribution in [2.75, 3.05) is 16.8 Å². The largest absolute Gasteiger partial charge is 0.323 e. The molecule has 24 heavy (non-hydrogen) atoms. The Balaban J connectivity index is 1.73. The van der Waals surface area contributed by atoms with Gasteiger partial charge in [0.25, 0.3) is 0 Å². The van der Waals surface area contributed by atoms with Gasteiger partial charge in [-0.3, -0.25) is 14.3 Å². The molecule has 6 heteroatoms. The molecular formula is C18H22N4O2. The summed E-state index contributed by atoms with van der Waals surface area (Å²) < 4.78 is 1.74. The number of nitrogens with zero attached hydrogens (tertiary/aromatic N) is 3. The van der Waals surface area contributed by atoms with Crippen LogP contribution < -0.4 is 10.2 Å². The van der Waals surface area contributed by atoms with E-state index in [2.05, 4.69) is 10.4 Å². The van der Waals surface area contributed by atoms with Crippen molar-refractivity contribution < 1.29 is 9.59 Å². The minimum Gasteiger partial charge on any atom is -0.323 e. The van der Waals surface area contributed by atoms with Gasteiger partial charge in [-0.1, -0.05) is 17.7 Å². The molecule has 1 aromatic carbocycles. The molecule has 2 amide bonds. The van der Waals surface area contributed by atoms with Crippen LogP contribution >= 0.6 is 0 Å². The maximum Gasteiger partial charge on any atom is 0.229 e. The summed E-state index contributed by atoms with van der Waals surface area (Å²) in [4.78, 5) is 26.6. The van der Waals surface area contributed by atoms with Crippen LogP contribution in [0.5, 0.6) is 0 Å². The van der Waals surface area contributed by atoms with E-state index in [0.717, 1.165) is 28.3 Å². The van der Waals surface area contributed by atoms with Crippen LogP contribution in [0.25, 0.3) is 0 Å². The first-order valence-corrected chi connectivity index (χ1v) is 8.05. The van der Waals surface area contributed by atoms with Gasteiger partial charge in [-0.05, 0) is 32.9 Å². The molecule has 1 atom stereocenters. The van der Waals surface area contributed by atoms with Crippen LogP contribution in [0.1, 0.15) is 23.4 Å². The zero-order valence-electron chi connectivity index (χ0n) is 14.5. The van der Waals surface area contributed by atoms with Gasteiger partial charge < -0.3 is 10.2 Å². The maximum absolute atomic E-state index is 12.6. The van der Waals surface area contributed by atoms with Crippen molar-refractivity contribution in [2.24, 2.45) is 13.0 Å². The smallest absolute Gasteiger partial charge is 0.229 e. The van der Waals surface area contributed by atoms with Crippen LogP contribution in [0.3, 0.4) is 0 Å². The lowest BCUT2D eigenvalue weighted by molar-refractivity contribution is -0.122. The number of amides is 2. The van der Waals surface area contributed by atoms with E-state index in [-0.39, 0.29) is 24.2 Å². The van der Waals surface area contributed by atoms with E-state index in [1.807, 2.05) is 52.1 Å². The molecule has 126 valence electrons. The number of aryl methyl sites for hydroxylation is 3. The summed E-state index contributed by atoms with van der Waals surface area (Å²) in [6.07, 6.45) is 0.234. The molecule has 1 saturated heterocycles. The first kappa shape index (κ1) is 16.2. The zero-order chi connectivity index (χ0) is 17.4. The van der Waals surface area contributed by atoms with E-state index in [1.165, 1.54) is 0 Å². The number of hydrogen-bond acceptors (Lipinski definition) is 3. The number of carbonyl (C=O) groups excluding carboxylic acids is 2. The van der Waals surface area contributed by atoms with E-state index >= 15 is 0 Å². The van der Waals surface area contributed by atoms with Crippen LogP contribution in [0, 0.1) is 26.7 Å². The first-order valence-electron chi connectivity index (χ1n) is 8.05. The van der Waals surface area contributed by atoms with Crippen molar-refractivity contribution in [1.29, 1.82) is 0 Å². The second kappa shape index (κ2) is 6.11. The number of hydrogen-bond donors (Lipinski definition) is 1. The van der Waals surface area contributed by atoms with Gasteiger partial charge in [0.2, 0.25) is 11.8 Å². The fraction of sp³-hybridized carbons (Fsp3) is 0.389. The normalized spacial score (nSPS) is 17.4. The fourth-order valence-corrected chi connectivity index (χ4v) is 3.04.